The van der Waals surface area contributed by atoms with Crippen molar-refractivity contribution in [2.75, 3.05) is 13.1 Å². The fraction of sp³-hybridized carbons (Fsp3) is 0.467. The highest BCUT2D eigenvalue weighted by Crippen LogP contribution is 2.20. The van der Waals surface area contributed by atoms with Gasteiger partial charge in [0, 0.05) is 24.5 Å². The Morgan fingerprint density at radius 1 is 1.40 bits per heavy atom. The van der Waals surface area contributed by atoms with E-state index >= 15 is 0 Å². The van der Waals surface area contributed by atoms with Crippen molar-refractivity contribution in [2.24, 2.45) is 5.73 Å². The summed E-state index contributed by atoms with van der Waals surface area (Å²) in [5, 5.41) is 8.06. The SMILES string of the molecule is Cc1ccc2[nH]nc(C(=O)N3CCCC(N)CC3)c2c1. The number of aromatic nitrogens is 2. The number of aromatic amines is 1. The zero-order valence-corrected chi connectivity index (χ0v) is 11.7. The molecular weight excluding hydrogens is 252 g/mol. The van der Waals surface area contributed by atoms with Gasteiger partial charge in [-0.15, -0.1) is 0 Å². The van der Waals surface area contributed by atoms with Crippen molar-refractivity contribution in [1.29, 1.82) is 0 Å². The Labute approximate surface area is 118 Å². The monoisotopic (exact) mass is 272 g/mol. The molecular formula is C15H20N4O. The summed E-state index contributed by atoms with van der Waals surface area (Å²) in [6.45, 7) is 3.51. The molecule has 1 aliphatic rings. The first-order valence-electron chi connectivity index (χ1n) is 7.15. The Morgan fingerprint density at radius 3 is 3.10 bits per heavy atom. The van der Waals surface area contributed by atoms with Gasteiger partial charge in [0.05, 0.1) is 5.52 Å². The molecule has 1 aliphatic heterocycles. The third-order valence-corrected chi connectivity index (χ3v) is 3.98. The van der Waals surface area contributed by atoms with Gasteiger partial charge in [-0.25, -0.2) is 0 Å². The van der Waals surface area contributed by atoms with Gasteiger partial charge >= 0.3 is 0 Å². The Kier molecular flexibility index (Phi) is 3.44. The molecule has 106 valence electrons. The van der Waals surface area contributed by atoms with Crippen LogP contribution in [0, 0.1) is 6.92 Å². The van der Waals surface area contributed by atoms with Gasteiger partial charge in [-0.1, -0.05) is 11.6 Å². The molecule has 0 saturated carbocycles. The van der Waals surface area contributed by atoms with E-state index in [2.05, 4.69) is 10.2 Å². The van der Waals surface area contributed by atoms with E-state index in [1.807, 2.05) is 30.0 Å². The van der Waals surface area contributed by atoms with Gasteiger partial charge in [0.25, 0.3) is 5.91 Å². The van der Waals surface area contributed by atoms with Crippen LogP contribution in [0.2, 0.25) is 0 Å². The van der Waals surface area contributed by atoms with Crippen molar-refractivity contribution < 1.29 is 4.79 Å². The van der Waals surface area contributed by atoms with Gasteiger partial charge < -0.3 is 10.6 Å². The second-order valence-corrected chi connectivity index (χ2v) is 5.60. The maximum absolute atomic E-state index is 12.6. The van der Waals surface area contributed by atoms with E-state index in [9.17, 15) is 4.79 Å². The van der Waals surface area contributed by atoms with Gasteiger partial charge in [0.15, 0.2) is 5.69 Å². The molecule has 1 amide bonds. The van der Waals surface area contributed by atoms with Crippen LogP contribution < -0.4 is 5.73 Å². The largest absolute Gasteiger partial charge is 0.337 e. The molecule has 0 spiro atoms. The van der Waals surface area contributed by atoms with Crippen molar-refractivity contribution >= 4 is 16.8 Å². The number of fused-ring (bicyclic) bond motifs is 1. The summed E-state index contributed by atoms with van der Waals surface area (Å²) in [4.78, 5) is 14.5. The van der Waals surface area contributed by atoms with Crippen molar-refractivity contribution in [2.45, 2.75) is 32.2 Å². The van der Waals surface area contributed by atoms with Gasteiger partial charge in [-0.3, -0.25) is 9.89 Å². The molecule has 3 rings (SSSR count). The second kappa shape index (κ2) is 5.25. The number of H-pyrrole nitrogens is 1. The van der Waals surface area contributed by atoms with Gasteiger partial charge in [-0.05, 0) is 38.3 Å². The molecule has 1 aromatic heterocycles. The van der Waals surface area contributed by atoms with Crippen molar-refractivity contribution in [1.82, 2.24) is 15.1 Å². The zero-order valence-electron chi connectivity index (χ0n) is 11.7. The lowest BCUT2D eigenvalue weighted by Crippen LogP contribution is -2.33. The highest BCUT2D eigenvalue weighted by molar-refractivity contribution is 6.04. The molecule has 3 N–H and O–H groups in total. The number of nitrogens with two attached hydrogens (primary N) is 1. The summed E-state index contributed by atoms with van der Waals surface area (Å²) < 4.78 is 0. The number of nitrogens with zero attached hydrogens (tertiary/aromatic N) is 2. The van der Waals surface area contributed by atoms with E-state index in [0.29, 0.717) is 5.69 Å². The van der Waals surface area contributed by atoms with Crippen molar-refractivity contribution in [3.8, 4) is 0 Å². The molecule has 20 heavy (non-hydrogen) atoms. The lowest BCUT2D eigenvalue weighted by Gasteiger charge is -2.19. The molecule has 1 aromatic carbocycles. The quantitative estimate of drug-likeness (QED) is 0.831. The standard InChI is InChI=1S/C15H20N4O/c1-10-4-5-13-12(9-10)14(18-17-13)15(20)19-7-2-3-11(16)6-8-19/h4-5,9,11H,2-3,6-8,16H2,1H3,(H,17,18). The first-order chi connectivity index (χ1) is 9.65. The molecule has 1 unspecified atom stereocenters. The summed E-state index contributed by atoms with van der Waals surface area (Å²) in [5.74, 6) is 0.0101. The van der Waals surface area contributed by atoms with Crippen LogP contribution in [-0.4, -0.2) is 40.1 Å². The van der Waals surface area contributed by atoms with Gasteiger partial charge in [0.1, 0.15) is 0 Å². The number of amides is 1. The highest BCUT2D eigenvalue weighted by atomic mass is 16.2. The lowest BCUT2D eigenvalue weighted by molar-refractivity contribution is 0.0757. The van der Waals surface area contributed by atoms with Crippen LogP contribution in [0.4, 0.5) is 0 Å². The summed E-state index contributed by atoms with van der Waals surface area (Å²) >= 11 is 0. The average molecular weight is 272 g/mol. The molecule has 1 atom stereocenters. The topological polar surface area (TPSA) is 75.0 Å². The number of nitrogens with one attached hydrogen (secondary N) is 1. The van der Waals surface area contributed by atoms with Crippen LogP contribution in [0.1, 0.15) is 35.3 Å². The first-order valence-corrected chi connectivity index (χ1v) is 7.15. The number of likely N-dealkylation sites (tertiary alicyclic amines) is 1. The maximum Gasteiger partial charge on any atom is 0.274 e. The third-order valence-electron chi connectivity index (χ3n) is 3.98. The van der Waals surface area contributed by atoms with E-state index < -0.39 is 0 Å². The fourth-order valence-corrected chi connectivity index (χ4v) is 2.77. The van der Waals surface area contributed by atoms with Crippen molar-refractivity contribution in [3.63, 3.8) is 0 Å². The van der Waals surface area contributed by atoms with Gasteiger partial charge in [-0.2, -0.15) is 5.10 Å². The molecule has 5 nitrogen and oxygen atoms in total. The maximum atomic E-state index is 12.6. The highest BCUT2D eigenvalue weighted by Gasteiger charge is 2.23. The molecule has 0 aliphatic carbocycles. The summed E-state index contributed by atoms with van der Waals surface area (Å²) in [7, 11) is 0. The normalized spacial score (nSPS) is 20.1. The Bertz CT molecular complexity index is 634. The summed E-state index contributed by atoms with van der Waals surface area (Å²) in [6, 6.07) is 6.20. The number of carbonyl (C=O) groups excluding carboxylic acids is 1. The molecule has 2 aromatic rings. The van der Waals surface area contributed by atoms with Crippen LogP contribution >= 0.6 is 0 Å². The average Bonchev–Trinajstić information content (AvgIpc) is 2.72. The molecule has 1 fully saturated rings. The minimum atomic E-state index is 0.0101. The van der Waals surface area contributed by atoms with Crippen LogP contribution in [0.3, 0.4) is 0 Å². The first kappa shape index (κ1) is 13.1. The number of aryl methyl sites for hydroxylation is 1. The van der Waals surface area contributed by atoms with Crippen LogP contribution in [0.15, 0.2) is 18.2 Å². The zero-order chi connectivity index (χ0) is 14.1. The molecule has 2 heterocycles. The predicted octanol–water partition coefficient (Wildman–Crippen LogP) is 1.82. The van der Waals surface area contributed by atoms with Gasteiger partial charge in [0.2, 0.25) is 0 Å². The Morgan fingerprint density at radius 2 is 2.25 bits per heavy atom. The predicted molar refractivity (Wildman–Crippen MR) is 78.6 cm³/mol. The number of hydrogen-bond donors (Lipinski definition) is 2. The van der Waals surface area contributed by atoms with Crippen LogP contribution in [0.25, 0.3) is 10.9 Å². The number of rotatable bonds is 1. The molecule has 0 radical (unpaired) electrons. The van der Waals surface area contributed by atoms with E-state index in [1.165, 1.54) is 0 Å². The summed E-state index contributed by atoms with van der Waals surface area (Å²) in [6.07, 6.45) is 2.83. The van der Waals surface area contributed by atoms with E-state index in [0.717, 1.165) is 48.8 Å². The molecule has 0 bridgehead atoms. The smallest absolute Gasteiger partial charge is 0.274 e. The second-order valence-electron chi connectivity index (χ2n) is 5.60. The summed E-state index contributed by atoms with van der Waals surface area (Å²) in [5.41, 5.74) is 8.53. The molecule has 1 saturated heterocycles. The number of hydrogen-bond acceptors (Lipinski definition) is 3. The van der Waals surface area contributed by atoms with E-state index in [-0.39, 0.29) is 11.9 Å². The van der Waals surface area contributed by atoms with Crippen LogP contribution in [-0.2, 0) is 0 Å². The molecule has 5 heteroatoms. The van der Waals surface area contributed by atoms with E-state index in [4.69, 9.17) is 5.73 Å². The number of benzene rings is 1. The van der Waals surface area contributed by atoms with Crippen molar-refractivity contribution in [3.05, 3.63) is 29.5 Å². The fourth-order valence-electron chi connectivity index (χ4n) is 2.77. The number of carbonyl (C=O) groups is 1. The minimum absolute atomic E-state index is 0.0101. The van der Waals surface area contributed by atoms with E-state index in [1.54, 1.807) is 0 Å². The third kappa shape index (κ3) is 2.41. The Hall–Kier alpha value is -1.88. The van der Waals surface area contributed by atoms with Crippen LogP contribution in [0.5, 0.6) is 0 Å². The Balaban J connectivity index is 1.90. The lowest BCUT2D eigenvalue weighted by atomic mass is 10.1. The minimum Gasteiger partial charge on any atom is -0.337 e.